The number of nitrogens with zero attached hydrogens (tertiary/aromatic N) is 6. The lowest BCUT2D eigenvalue weighted by molar-refractivity contribution is -0.383. The number of hydrogen-bond donors (Lipinski definition) is 1. The summed E-state index contributed by atoms with van der Waals surface area (Å²) in [4.78, 5) is 47.2. The highest BCUT2D eigenvalue weighted by molar-refractivity contribution is 6.06. The van der Waals surface area contributed by atoms with Gasteiger partial charge in [-0.2, -0.15) is 5.26 Å². The third kappa shape index (κ3) is 6.38. The molecule has 12 heteroatoms. The highest BCUT2D eigenvalue weighted by atomic mass is 16.6. The maximum Gasteiger partial charge on any atom is 0.421 e. The minimum Gasteiger partial charge on any atom is -0.443 e. The van der Waals surface area contributed by atoms with E-state index in [2.05, 4.69) is 15.3 Å². The zero-order valence-electron chi connectivity index (χ0n) is 21.6. The maximum absolute atomic E-state index is 12.9. The summed E-state index contributed by atoms with van der Waals surface area (Å²) in [5, 5.41) is 23.7. The molecule has 0 bridgehead atoms. The molecule has 0 aliphatic rings. The van der Waals surface area contributed by atoms with Gasteiger partial charge < -0.3 is 15.0 Å². The molecule has 2 aromatic heterocycles. The molecule has 0 radical (unpaired) electrons. The van der Waals surface area contributed by atoms with E-state index in [1.54, 1.807) is 51.2 Å². The van der Waals surface area contributed by atoms with E-state index in [9.17, 15) is 25.0 Å². The van der Waals surface area contributed by atoms with Crippen LogP contribution in [0, 0.1) is 21.4 Å². The molecule has 2 heterocycles. The predicted octanol–water partition coefficient (Wildman–Crippen LogP) is 5.10. The van der Waals surface area contributed by atoms with Crippen LogP contribution in [0.3, 0.4) is 0 Å². The number of aromatic nitrogens is 2. The summed E-state index contributed by atoms with van der Waals surface area (Å²) in [6.45, 7) is 6.93. The van der Waals surface area contributed by atoms with Crippen molar-refractivity contribution in [2.24, 2.45) is 0 Å². The number of pyridine rings is 2. The molecular weight excluding hydrogens is 490 g/mol. The Morgan fingerprint density at radius 3 is 2.58 bits per heavy atom. The first kappa shape index (κ1) is 27.5. The Bertz CT molecular complexity index is 1380. The van der Waals surface area contributed by atoms with Gasteiger partial charge in [0.1, 0.15) is 17.1 Å². The van der Waals surface area contributed by atoms with Crippen LogP contribution in [-0.2, 0) is 9.53 Å². The summed E-state index contributed by atoms with van der Waals surface area (Å²) in [6, 6.07) is 12.2. The van der Waals surface area contributed by atoms with E-state index in [1.165, 1.54) is 30.3 Å². The number of rotatable bonds is 8. The smallest absolute Gasteiger partial charge is 0.421 e. The zero-order chi connectivity index (χ0) is 28.0. The molecule has 0 aliphatic heterocycles. The van der Waals surface area contributed by atoms with Crippen molar-refractivity contribution < 1.29 is 19.2 Å². The molecular formula is C26H27N7O5. The zero-order valence-corrected chi connectivity index (χ0v) is 21.6. The Labute approximate surface area is 219 Å². The van der Waals surface area contributed by atoms with E-state index >= 15 is 0 Å². The van der Waals surface area contributed by atoms with Crippen LogP contribution in [-0.4, -0.2) is 40.0 Å². The number of nitro groups is 1. The normalized spacial score (nSPS) is 11.6. The number of carbonyl (C=O) groups is 2. The van der Waals surface area contributed by atoms with Crippen LogP contribution in [0.4, 0.5) is 33.5 Å². The number of ether oxygens (including phenoxy) is 1. The first-order valence-electron chi connectivity index (χ1n) is 11.5. The van der Waals surface area contributed by atoms with Crippen molar-refractivity contribution in [1.82, 2.24) is 9.97 Å². The number of nitrogens with one attached hydrogen (secondary N) is 1. The van der Waals surface area contributed by atoms with Crippen LogP contribution >= 0.6 is 0 Å². The van der Waals surface area contributed by atoms with Gasteiger partial charge in [-0.3, -0.25) is 19.9 Å². The molecule has 0 spiro atoms. The number of nitriles is 1. The Hall–Kier alpha value is -5.05. The van der Waals surface area contributed by atoms with Gasteiger partial charge in [0.25, 0.3) is 5.69 Å². The molecule has 1 atom stereocenters. The molecule has 12 nitrogen and oxygen atoms in total. The average molecular weight is 518 g/mol. The molecule has 1 aromatic carbocycles. The lowest BCUT2D eigenvalue weighted by Crippen LogP contribution is -2.37. The van der Waals surface area contributed by atoms with Gasteiger partial charge in [-0.05, 0) is 63.6 Å². The summed E-state index contributed by atoms with van der Waals surface area (Å²) < 4.78 is 5.40. The van der Waals surface area contributed by atoms with Crippen molar-refractivity contribution in [2.75, 3.05) is 22.2 Å². The van der Waals surface area contributed by atoms with Crippen molar-refractivity contribution >= 4 is 41.2 Å². The second kappa shape index (κ2) is 11.3. The summed E-state index contributed by atoms with van der Waals surface area (Å²) in [5.41, 5.74) is 0.146. The predicted molar refractivity (Wildman–Crippen MR) is 141 cm³/mol. The van der Waals surface area contributed by atoms with Crippen molar-refractivity contribution in [2.45, 2.75) is 39.3 Å². The number of nitro benzene ring substituents is 1. The third-order valence-corrected chi connectivity index (χ3v) is 5.48. The number of anilines is 4. The van der Waals surface area contributed by atoms with Crippen LogP contribution in [0.2, 0.25) is 0 Å². The summed E-state index contributed by atoms with van der Waals surface area (Å²) in [7, 11) is 1.73. The Balaban J connectivity index is 2.12. The number of benzene rings is 1. The first-order valence-corrected chi connectivity index (χ1v) is 11.5. The second-order valence-electron chi connectivity index (χ2n) is 9.29. The Kier molecular flexibility index (Phi) is 8.22. The van der Waals surface area contributed by atoms with E-state index in [-0.39, 0.29) is 40.3 Å². The molecule has 3 rings (SSSR count). The molecule has 3 aromatic rings. The van der Waals surface area contributed by atoms with Crippen LogP contribution in [0.1, 0.15) is 44.9 Å². The maximum atomic E-state index is 12.9. The number of imide groups is 1. The topological polar surface area (TPSA) is 155 Å². The van der Waals surface area contributed by atoms with Gasteiger partial charge in [-0.15, -0.1) is 0 Å². The summed E-state index contributed by atoms with van der Waals surface area (Å²) >= 11 is 0. The van der Waals surface area contributed by atoms with Crippen LogP contribution in [0.15, 0.2) is 54.9 Å². The molecule has 1 N–H and O–H groups in total. The quantitative estimate of drug-likeness (QED) is 0.242. The van der Waals surface area contributed by atoms with E-state index in [0.29, 0.717) is 6.41 Å². The van der Waals surface area contributed by atoms with E-state index in [4.69, 9.17) is 4.74 Å². The highest BCUT2D eigenvalue weighted by Gasteiger charge is 2.28. The first-order chi connectivity index (χ1) is 17.9. The van der Waals surface area contributed by atoms with Gasteiger partial charge >= 0.3 is 6.09 Å². The van der Waals surface area contributed by atoms with Crippen molar-refractivity contribution in [1.29, 1.82) is 5.26 Å². The van der Waals surface area contributed by atoms with Crippen molar-refractivity contribution in [3.63, 3.8) is 0 Å². The fourth-order valence-corrected chi connectivity index (χ4v) is 3.50. The highest BCUT2D eigenvalue weighted by Crippen LogP contribution is 2.35. The van der Waals surface area contributed by atoms with Gasteiger partial charge in [-0.25, -0.2) is 14.7 Å². The fraction of sp³-hybridized carbons (Fsp3) is 0.269. The molecule has 196 valence electrons. The Morgan fingerprint density at radius 1 is 1.26 bits per heavy atom. The molecule has 0 saturated heterocycles. The van der Waals surface area contributed by atoms with Gasteiger partial charge in [0.2, 0.25) is 6.41 Å². The third-order valence-electron chi connectivity index (χ3n) is 5.48. The van der Waals surface area contributed by atoms with Gasteiger partial charge in [0.05, 0.1) is 28.3 Å². The monoisotopic (exact) mass is 517 g/mol. The van der Waals surface area contributed by atoms with Crippen molar-refractivity contribution in [3.8, 4) is 6.07 Å². The Morgan fingerprint density at radius 2 is 2.00 bits per heavy atom. The van der Waals surface area contributed by atoms with Gasteiger partial charge in [0.15, 0.2) is 5.82 Å². The van der Waals surface area contributed by atoms with E-state index in [0.717, 1.165) is 10.5 Å². The van der Waals surface area contributed by atoms with Gasteiger partial charge in [0, 0.05) is 25.5 Å². The summed E-state index contributed by atoms with van der Waals surface area (Å²) in [5.74, 6) is 0.394. The summed E-state index contributed by atoms with van der Waals surface area (Å²) in [6.07, 6.45) is 2.77. The molecule has 0 fully saturated rings. The number of hydrogen-bond acceptors (Lipinski definition) is 10. The fourth-order valence-electron chi connectivity index (χ4n) is 3.50. The molecule has 0 aliphatic carbocycles. The molecule has 38 heavy (non-hydrogen) atoms. The standard InChI is InChI=1S/C26H27N7O5/c1-17(19-7-6-12-28-15-19)31(5)24-22(32(16-34)25(35)38-26(2,3)4)10-11-23(30-24)29-20-13-18(14-27)8-9-21(20)33(36)37/h6-13,15-17H,1-5H3,(H,29,30). The van der Waals surface area contributed by atoms with Crippen molar-refractivity contribution in [3.05, 3.63) is 76.1 Å². The van der Waals surface area contributed by atoms with Crippen LogP contribution in [0.5, 0.6) is 0 Å². The van der Waals surface area contributed by atoms with Gasteiger partial charge in [-0.1, -0.05) is 6.07 Å². The van der Waals surface area contributed by atoms with E-state index < -0.39 is 16.6 Å². The number of amides is 2. The molecule has 1 unspecified atom stereocenters. The second-order valence-corrected chi connectivity index (χ2v) is 9.29. The van der Waals surface area contributed by atoms with Crippen LogP contribution < -0.4 is 15.1 Å². The molecule has 2 amide bonds. The van der Waals surface area contributed by atoms with E-state index in [1.807, 2.05) is 19.1 Å². The lowest BCUT2D eigenvalue weighted by Gasteiger charge is -2.31. The lowest BCUT2D eigenvalue weighted by atomic mass is 10.1. The SMILES string of the molecule is CC(c1cccnc1)N(C)c1nc(Nc2cc(C#N)ccc2[N+](=O)[O-])ccc1N(C=O)C(=O)OC(C)(C)C. The minimum absolute atomic E-state index is 0.0580. The minimum atomic E-state index is -0.893. The largest absolute Gasteiger partial charge is 0.443 e. The van der Waals surface area contributed by atoms with Crippen LogP contribution in [0.25, 0.3) is 0 Å². The molecule has 0 saturated carbocycles. The average Bonchev–Trinajstić information content (AvgIpc) is 2.88. The number of carbonyl (C=O) groups excluding carboxylic acids is 2.